The number of urea groups is 1. The normalized spacial score (nSPS) is 23.6. The van der Waals surface area contributed by atoms with Gasteiger partial charge in [-0.2, -0.15) is 5.26 Å². The third-order valence-electron chi connectivity index (χ3n) is 5.14. The number of carbonyl (C=O) groups is 1. The van der Waals surface area contributed by atoms with Crippen molar-refractivity contribution in [2.24, 2.45) is 5.41 Å². The number of piperidine rings is 1. The summed E-state index contributed by atoms with van der Waals surface area (Å²) in [6.07, 6.45) is 2.04. The molecule has 0 aromatic heterocycles. The Kier molecular flexibility index (Phi) is 5.67. The van der Waals surface area contributed by atoms with Gasteiger partial charge in [-0.05, 0) is 44.9 Å². The summed E-state index contributed by atoms with van der Waals surface area (Å²) >= 11 is 0. The van der Waals surface area contributed by atoms with E-state index in [1.165, 1.54) is 0 Å². The number of hydrogen-bond donors (Lipinski definition) is 1. The van der Waals surface area contributed by atoms with Crippen LogP contribution in [0.25, 0.3) is 0 Å². The summed E-state index contributed by atoms with van der Waals surface area (Å²) < 4.78 is 5.94. The van der Waals surface area contributed by atoms with Gasteiger partial charge in [0.25, 0.3) is 0 Å². The molecule has 2 heterocycles. The smallest absolute Gasteiger partial charge is 0.317 e. The minimum Gasteiger partial charge on any atom is -0.379 e. The Labute approximate surface area is 155 Å². The molecular weight excluding hydrogens is 328 g/mol. The van der Waals surface area contributed by atoms with Crippen LogP contribution in [0.1, 0.15) is 32.3 Å². The highest BCUT2D eigenvalue weighted by molar-refractivity contribution is 5.74. The van der Waals surface area contributed by atoms with Crippen molar-refractivity contribution in [3.8, 4) is 6.07 Å². The van der Waals surface area contributed by atoms with E-state index >= 15 is 0 Å². The van der Waals surface area contributed by atoms with Crippen molar-refractivity contribution in [1.82, 2.24) is 10.2 Å². The van der Waals surface area contributed by atoms with E-state index in [4.69, 9.17) is 4.74 Å². The van der Waals surface area contributed by atoms with Crippen LogP contribution < -0.4 is 10.2 Å². The Morgan fingerprint density at radius 1 is 1.35 bits per heavy atom. The summed E-state index contributed by atoms with van der Waals surface area (Å²) in [4.78, 5) is 16.7. The number of ether oxygens (including phenoxy) is 1. The minimum atomic E-state index is -0.0638. The first-order valence-electron chi connectivity index (χ1n) is 9.40. The zero-order valence-electron chi connectivity index (χ0n) is 15.7. The van der Waals surface area contributed by atoms with Gasteiger partial charge in [0.2, 0.25) is 0 Å². The zero-order chi connectivity index (χ0) is 18.6. The number of anilines is 1. The Morgan fingerprint density at radius 2 is 2.19 bits per heavy atom. The van der Waals surface area contributed by atoms with E-state index < -0.39 is 0 Å². The summed E-state index contributed by atoms with van der Waals surface area (Å²) in [6.45, 7) is 8.45. The number of carbonyl (C=O) groups excluding carboxylic acids is 1. The van der Waals surface area contributed by atoms with Gasteiger partial charge in [-0.25, -0.2) is 4.79 Å². The molecule has 0 radical (unpaired) electrons. The minimum absolute atomic E-state index is 0.0151. The largest absolute Gasteiger partial charge is 0.379 e. The first-order chi connectivity index (χ1) is 12.5. The predicted molar refractivity (Wildman–Crippen MR) is 101 cm³/mol. The lowest BCUT2D eigenvalue weighted by Gasteiger charge is -2.44. The van der Waals surface area contributed by atoms with Gasteiger partial charge in [-0.3, -0.25) is 0 Å². The van der Waals surface area contributed by atoms with Gasteiger partial charge in [0.05, 0.1) is 24.8 Å². The summed E-state index contributed by atoms with van der Waals surface area (Å²) in [7, 11) is 0. The van der Waals surface area contributed by atoms with E-state index in [0.29, 0.717) is 25.3 Å². The number of nitrogens with zero attached hydrogens (tertiary/aromatic N) is 3. The van der Waals surface area contributed by atoms with Crippen LogP contribution in [0.15, 0.2) is 24.3 Å². The Morgan fingerprint density at radius 3 is 2.96 bits per heavy atom. The monoisotopic (exact) mass is 356 g/mol. The maximum Gasteiger partial charge on any atom is 0.317 e. The number of amides is 2. The molecule has 1 aromatic carbocycles. The predicted octanol–water partition coefficient (Wildman–Crippen LogP) is 2.60. The van der Waals surface area contributed by atoms with E-state index in [9.17, 15) is 10.1 Å². The molecule has 2 saturated heterocycles. The summed E-state index contributed by atoms with van der Waals surface area (Å²) in [5.74, 6) is 0. The van der Waals surface area contributed by atoms with Crippen LogP contribution in [0.5, 0.6) is 0 Å². The van der Waals surface area contributed by atoms with Crippen LogP contribution in [0.2, 0.25) is 0 Å². The molecule has 2 amide bonds. The standard InChI is InChI=1S/C20H28N4O2/c1-16(2)22-19(25)24-8-4-7-20(14-24)13-23(9-10-26-15-20)18-6-3-5-17(11-18)12-21/h3,5-6,11,16H,4,7-10,13-15H2,1-2H3,(H,22,25)/t20-/m0/s1. The molecule has 0 aliphatic carbocycles. The van der Waals surface area contributed by atoms with Gasteiger partial charge in [-0.15, -0.1) is 0 Å². The SMILES string of the molecule is CC(C)NC(=O)N1CCC[C@@]2(COCCN(c3cccc(C#N)c3)C2)C1. The molecule has 140 valence electrons. The number of benzene rings is 1. The highest BCUT2D eigenvalue weighted by atomic mass is 16.5. The second kappa shape index (κ2) is 7.96. The third kappa shape index (κ3) is 4.28. The van der Waals surface area contributed by atoms with Gasteiger partial charge in [0, 0.05) is 43.3 Å². The van der Waals surface area contributed by atoms with Crippen LogP contribution in [0, 0.1) is 16.7 Å². The second-order valence-electron chi connectivity index (χ2n) is 7.77. The third-order valence-corrected chi connectivity index (χ3v) is 5.14. The average molecular weight is 356 g/mol. The lowest BCUT2D eigenvalue weighted by molar-refractivity contribution is 0.0242. The zero-order valence-corrected chi connectivity index (χ0v) is 15.7. The van der Waals surface area contributed by atoms with Crippen molar-refractivity contribution in [3.63, 3.8) is 0 Å². The Balaban J connectivity index is 1.77. The molecular formula is C20H28N4O2. The van der Waals surface area contributed by atoms with Gasteiger partial charge in [-0.1, -0.05) is 6.07 Å². The summed E-state index contributed by atoms with van der Waals surface area (Å²) in [5, 5.41) is 12.2. The molecule has 2 aliphatic heterocycles. The molecule has 26 heavy (non-hydrogen) atoms. The van der Waals surface area contributed by atoms with E-state index in [-0.39, 0.29) is 17.5 Å². The molecule has 1 atom stereocenters. The van der Waals surface area contributed by atoms with Gasteiger partial charge < -0.3 is 19.9 Å². The van der Waals surface area contributed by atoms with Gasteiger partial charge in [0.1, 0.15) is 0 Å². The van der Waals surface area contributed by atoms with Crippen LogP contribution in [-0.4, -0.2) is 56.4 Å². The fraction of sp³-hybridized carbons (Fsp3) is 0.600. The first kappa shape index (κ1) is 18.5. The summed E-state index contributed by atoms with van der Waals surface area (Å²) in [5.41, 5.74) is 1.66. The van der Waals surface area contributed by atoms with Crippen molar-refractivity contribution in [2.45, 2.75) is 32.7 Å². The van der Waals surface area contributed by atoms with Gasteiger partial charge >= 0.3 is 6.03 Å². The van der Waals surface area contributed by atoms with Crippen LogP contribution >= 0.6 is 0 Å². The van der Waals surface area contributed by atoms with E-state index in [1.54, 1.807) is 0 Å². The number of likely N-dealkylation sites (tertiary alicyclic amines) is 1. The quantitative estimate of drug-likeness (QED) is 0.884. The lowest BCUT2D eigenvalue weighted by Crippen LogP contribution is -2.55. The molecule has 3 rings (SSSR count). The highest BCUT2D eigenvalue weighted by Gasteiger charge is 2.40. The number of nitriles is 1. The van der Waals surface area contributed by atoms with Crippen LogP contribution in [-0.2, 0) is 4.74 Å². The molecule has 0 unspecified atom stereocenters. The Hall–Kier alpha value is -2.26. The molecule has 6 heteroatoms. The van der Waals surface area contributed by atoms with Crippen molar-refractivity contribution < 1.29 is 9.53 Å². The molecule has 1 N–H and O–H groups in total. The molecule has 1 spiro atoms. The highest BCUT2D eigenvalue weighted by Crippen LogP contribution is 2.34. The van der Waals surface area contributed by atoms with Gasteiger partial charge in [0.15, 0.2) is 0 Å². The first-order valence-corrected chi connectivity index (χ1v) is 9.40. The summed E-state index contributed by atoms with van der Waals surface area (Å²) in [6, 6.07) is 10.1. The van der Waals surface area contributed by atoms with Crippen molar-refractivity contribution >= 4 is 11.7 Å². The lowest BCUT2D eigenvalue weighted by atomic mass is 9.80. The topological polar surface area (TPSA) is 68.6 Å². The fourth-order valence-electron chi connectivity index (χ4n) is 3.95. The van der Waals surface area contributed by atoms with Crippen molar-refractivity contribution in [1.29, 1.82) is 5.26 Å². The fourth-order valence-corrected chi connectivity index (χ4v) is 3.95. The molecule has 2 fully saturated rings. The van der Waals surface area contributed by atoms with Crippen molar-refractivity contribution in [2.75, 3.05) is 44.3 Å². The van der Waals surface area contributed by atoms with Crippen LogP contribution in [0.4, 0.5) is 10.5 Å². The number of rotatable bonds is 2. The van der Waals surface area contributed by atoms with E-state index in [2.05, 4.69) is 16.3 Å². The van der Waals surface area contributed by atoms with Crippen LogP contribution in [0.3, 0.4) is 0 Å². The Bertz CT molecular complexity index is 685. The maximum absolute atomic E-state index is 12.5. The average Bonchev–Trinajstić information content (AvgIpc) is 2.84. The molecule has 0 bridgehead atoms. The number of nitrogens with one attached hydrogen (secondary N) is 1. The molecule has 2 aliphatic rings. The number of hydrogen-bond acceptors (Lipinski definition) is 4. The maximum atomic E-state index is 12.5. The molecule has 6 nitrogen and oxygen atoms in total. The molecule has 1 aromatic rings. The van der Waals surface area contributed by atoms with E-state index in [0.717, 1.165) is 38.2 Å². The molecule has 0 saturated carbocycles. The van der Waals surface area contributed by atoms with Crippen molar-refractivity contribution in [3.05, 3.63) is 29.8 Å². The van der Waals surface area contributed by atoms with E-state index in [1.807, 2.05) is 43.0 Å². The second-order valence-corrected chi connectivity index (χ2v) is 7.77.